The molecule has 0 N–H and O–H groups in total. The Morgan fingerprint density at radius 1 is 0.737 bits per heavy atom. The molecule has 0 rings (SSSR count). The van der Waals surface area contributed by atoms with Gasteiger partial charge < -0.3 is 0 Å². The van der Waals surface area contributed by atoms with Gasteiger partial charge in [0.25, 0.3) is 0 Å². The van der Waals surface area contributed by atoms with Gasteiger partial charge in [-0.15, -0.1) is 0 Å². The Balaban J connectivity index is 2.88. The summed E-state index contributed by atoms with van der Waals surface area (Å²) in [6.07, 6.45) is 15.4. The van der Waals surface area contributed by atoms with Crippen molar-refractivity contribution in [1.82, 2.24) is 0 Å². The molecule has 4 heteroatoms. The summed E-state index contributed by atoms with van der Waals surface area (Å²) < 4.78 is 12.3. The first kappa shape index (κ1) is 20.5. The summed E-state index contributed by atoms with van der Waals surface area (Å²) in [5.74, 6) is 0. The van der Waals surface area contributed by atoms with E-state index < -0.39 is 21.6 Å². The van der Waals surface area contributed by atoms with E-state index in [2.05, 4.69) is 6.92 Å². The molecular formula is C15H34O2Sn2. The predicted octanol–water partition coefficient (Wildman–Crippen LogP) is 3.65. The molecular weight excluding hydrogens is 450 g/mol. The number of rotatable bonds is 16. The van der Waals surface area contributed by atoms with E-state index in [-0.39, 0.29) is 0 Å². The van der Waals surface area contributed by atoms with E-state index in [4.69, 9.17) is 6.15 Å². The van der Waals surface area contributed by atoms with Crippen molar-refractivity contribution >= 4 is 44.5 Å². The van der Waals surface area contributed by atoms with Crippen LogP contribution in [0.4, 0.5) is 0 Å². The molecule has 0 aliphatic rings. The van der Waals surface area contributed by atoms with Crippen LogP contribution in [0.25, 0.3) is 0 Å². The number of hydrogen-bond acceptors (Lipinski definition) is 2. The fourth-order valence-electron chi connectivity index (χ4n) is 2.11. The molecule has 0 heterocycles. The average Bonchev–Trinajstić information content (AvgIpc) is 2.43. The zero-order chi connectivity index (χ0) is 14.0. The first-order valence-corrected chi connectivity index (χ1v) is 13.5. The average molecular weight is 484 g/mol. The molecule has 0 amide bonds. The third kappa shape index (κ3) is 19.5. The Labute approximate surface area is 145 Å². The van der Waals surface area contributed by atoms with E-state index >= 15 is 0 Å². The number of hydrogen-bond donors (Lipinski definition) is 0. The molecule has 0 aliphatic heterocycles. The summed E-state index contributed by atoms with van der Waals surface area (Å²) in [7, 11) is 0. The van der Waals surface area contributed by atoms with E-state index in [1.807, 2.05) is 0 Å². The van der Waals surface area contributed by atoms with Crippen molar-refractivity contribution in [2.45, 2.75) is 82.0 Å². The van der Waals surface area contributed by atoms with Crippen LogP contribution in [0, 0.1) is 0 Å². The first-order valence-electron chi connectivity index (χ1n) is 8.22. The van der Waals surface area contributed by atoms with Gasteiger partial charge in [0.1, 0.15) is 0 Å². The van der Waals surface area contributed by atoms with Crippen LogP contribution >= 0.6 is 0 Å². The molecule has 0 spiro atoms. The molecule has 2 radical (unpaired) electrons. The van der Waals surface area contributed by atoms with Crippen molar-refractivity contribution in [3.63, 3.8) is 0 Å². The molecule has 0 saturated carbocycles. The molecule has 0 fully saturated rings. The fraction of sp³-hybridized carbons (Fsp3) is 1.00. The van der Waals surface area contributed by atoms with Crippen molar-refractivity contribution in [1.29, 1.82) is 0 Å². The van der Waals surface area contributed by atoms with Crippen LogP contribution < -0.4 is 0 Å². The van der Waals surface area contributed by atoms with Crippen LogP contribution in [0.5, 0.6) is 0 Å². The van der Waals surface area contributed by atoms with E-state index in [9.17, 15) is 0 Å². The Kier molecular flexibility index (Phi) is 21.1. The van der Waals surface area contributed by atoms with E-state index in [1.54, 1.807) is 0 Å². The zero-order valence-corrected chi connectivity index (χ0v) is 20.3. The molecule has 2 nitrogen and oxygen atoms in total. The Bertz CT molecular complexity index is 141. The van der Waals surface area contributed by atoms with Gasteiger partial charge in [0.2, 0.25) is 0 Å². The molecule has 0 aromatic heterocycles. The van der Waals surface area contributed by atoms with Gasteiger partial charge in [-0.25, -0.2) is 0 Å². The third-order valence-electron chi connectivity index (χ3n) is 3.34. The normalized spacial score (nSPS) is 11.1. The Morgan fingerprint density at radius 3 is 1.89 bits per heavy atom. The van der Waals surface area contributed by atoms with Crippen molar-refractivity contribution in [3.8, 4) is 0 Å². The topological polar surface area (TPSA) is 18.5 Å². The summed E-state index contributed by atoms with van der Waals surface area (Å²) >= 11 is 0.0433. The van der Waals surface area contributed by atoms with Crippen LogP contribution in [0.2, 0.25) is 4.44 Å². The Hall–Kier alpha value is 1.52. The minimum atomic E-state index is -0.649. The van der Waals surface area contributed by atoms with Crippen LogP contribution in [0.1, 0.15) is 77.6 Å². The van der Waals surface area contributed by atoms with E-state index in [1.165, 1.54) is 75.1 Å². The van der Waals surface area contributed by atoms with Crippen molar-refractivity contribution < 1.29 is 6.15 Å². The molecule has 0 aromatic carbocycles. The summed E-state index contributed by atoms with van der Waals surface area (Å²) in [5, 5.41) is 0. The van der Waals surface area contributed by atoms with E-state index in [0.717, 1.165) is 13.2 Å². The van der Waals surface area contributed by atoms with Crippen LogP contribution in [0.3, 0.4) is 0 Å². The molecule has 0 saturated heterocycles. The van der Waals surface area contributed by atoms with Crippen LogP contribution in [-0.4, -0.2) is 57.7 Å². The van der Waals surface area contributed by atoms with Gasteiger partial charge in [-0.3, -0.25) is 0 Å². The van der Waals surface area contributed by atoms with Gasteiger partial charge >= 0.3 is 139 Å². The SMILES string of the molecule is CCCCCCCCCCCC[O][SnH][CH2]CC[O][SnH2]. The molecule has 0 unspecified atom stereocenters. The number of unbranched alkanes of at least 4 members (excludes halogenated alkanes) is 9. The third-order valence-corrected chi connectivity index (χ3v) is 7.35. The van der Waals surface area contributed by atoms with Gasteiger partial charge in [0.05, 0.1) is 0 Å². The maximum atomic E-state index is 5.80. The van der Waals surface area contributed by atoms with Gasteiger partial charge in [0.15, 0.2) is 0 Å². The van der Waals surface area contributed by atoms with Crippen molar-refractivity contribution in [2.75, 3.05) is 13.2 Å². The monoisotopic (exact) mass is 486 g/mol. The first-order chi connectivity index (χ1) is 9.41. The van der Waals surface area contributed by atoms with E-state index in [0.29, 0.717) is 22.9 Å². The fourth-order valence-corrected chi connectivity index (χ4v) is 5.07. The van der Waals surface area contributed by atoms with Gasteiger partial charge in [-0.2, -0.15) is 0 Å². The quantitative estimate of drug-likeness (QED) is 0.246. The molecule has 0 aliphatic carbocycles. The summed E-state index contributed by atoms with van der Waals surface area (Å²) in [6.45, 7) is 4.31. The molecule has 0 atom stereocenters. The van der Waals surface area contributed by atoms with Crippen molar-refractivity contribution in [3.05, 3.63) is 0 Å². The van der Waals surface area contributed by atoms with Crippen LogP contribution in [-0.2, 0) is 6.15 Å². The predicted molar refractivity (Wildman–Crippen MR) is 88.9 cm³/mol. The molecule has 19 heavy (non-hydrogen) atoms. The minimum absolute atomic E-state index is 0.649. The Morgan fingerprint density at radius 2 is 1.32 bits per heavy atom. The summed E-state index contributed by atoms with van der Waals surface area (Å²) in [6, 6.07) is 0. The van der Waals surface area contributed by atoms with Gasteiger partial charge in [0, 0.05) is 0 Å². The van der Waals surface area contributed by atoms with Crippen LogP contribution in [0.15, 0.2) is 0 Å². The second-order valence-electron chi connectivity index (χ2n) is 5.27. The second kappa shape index (κ2) is 19.5. The van der Waals surface area contributed by atoms with Gasteiger partial charge in [-0.05, 0) is 0 Å². The van der Waals surface area contributed by atoms with Gasteiger partial charge in [-0.1, -0.05) is 6.92 Å². The second-order valence-corrected chi connectivity index (χ2v) is 9.99. The maximum absolute atomic E-state index is 5.80. The zero-order valence-electron chi connectivity index (χ0n) is 13.0. The molecule has 0 aromatic rings. The molecule has 0 bridgehead atoms. The standard InChI is InChI=1S/C12H25O.C3H6O.2Sn.3H/c1-2-3-4-5-6-7-8-9-10-11-12-13;1-2-3-4;;;;;/h2-12H2,1H3;1-3H2;;;;;/q2*-1;2*+1;;;. The summed E-state index contributed by atoms with van der Waals surface area (Å²) in [5.41, 5.74) is 0. The van der Waals surface area contributed by atoms with Crippen molar-refractivity contribution in [2.24, 2.45) is 0 Å². The summed E-state index contributed by atoms with van der Waals surface area (Å²) in [4.78, 5) is 0. The molecule has 114 valence electrons.